The summed E-state index contributed by atoms with van der Waals surface area (Å²) in [5.74, 6) is -1.32. The number of hydrogen-bond acceptors (Lipinski definition) is 12. The largest absolute Gasteiger partial charge is 0.496 e. The van der Waals surface area contributed by atoms with Crippen molar-refractivity contribution in [1.29, 1.82) is 0 Å². The summed E-state index contributed by atoms with van der Waals surface area (Å²) in [6.07, 6.45) is 7.54. The number of carbonyl (C=O) groups is 4. The van der Waals surface area contributed by atoms with Crippen molar-refractivity contribution in [3.63, 3.8) is 0 Å². The zero-order valence-corrected chi connectivity index (χ0v) is 34.8. The van der Waals surface area contributed by atoms with Crippen LogP contribution in [0.3, 0.4) is 0 Å². The van der Waals surface area contributed by atoms with Crippen molar-refractivity contribution >= 4 is 55.9 Å². The number of allylic oxidation sites excluding steroid dienone is 1. The van der Waals surface area contributed by atoms with E-state index < -0.39 is 68.5 Å². The molecule has 0 unspecified atom stereocenters. The van der Waals surface area contributed by atoms with Gasteiger partial charge in [0.2, 0.25) is 27.7 Å². The Bertz CT molecular complexity index is 2210. The van der Waals surface area contributed by atoms with Gasteiger partial charge in [0, 0.05) is 41.3 Å². The minimum absolute atomic E-state index is 0.0121. The van der Waals surface area contributed by atoms with Crippen LogP contribution in [0.25, 0.3) is 10.9 Å². The molecule has 7 rings (SSSR count). The Hall–Kier alpha value is -4.74. The van der Waals surface area contributed by atoms with Gasteiger partial charge in [-0.2, -0.15) is 0 Å². The highest BCUT2D eigenvalue weighted by Gasteiger charge is 2.62. The van der Waals surface area contributed by atoms with E-state index >= 15 is 0 Å². The van der Waals surface area contributed by atoms with Gasteiger partial charge in [0.25, 0.3) is 11.8 Å². The second-order valence-electron chi connectivity index (χ2n) is 15.4. The van der Waals surface area contributed by atoms with Crippen LogP contribution in [0.4, 0.5) is 0 Å². The van der Waals surface area contributed by atoms with Gasteiger partial charge >= 0.3 is 0 Å². The van der Waals surface area contributed by atoms with Crippen LogP contribution in [0.15, 0.2) is 42.5 Å². The van der Waals surface area contributed by atoms with E-state index in [0.29, 0.717) is 78.5 Å². The summed E-state index contributed by atoms with van der Waals surface area (Å²) >= 11 is 1.27. The number of methoxy groups -OCH3 is 2. The van der Waals surface area contributed by atoms with E-state index in [0.717, 1.165) is 23.3 Å². The van der Waals surface area contributed by atoms with Gasteiger partial charge in [-0.3, -0.25) is 23.9 Å². The molecule has 5 atom stereocenters. The van der Waals surface area contributed by atoms with Crippen LogP contribution < -0.4 is 29.6 Å². The van der Waals surface area contributed by atoms with E-state index in [1.807, 2.05) is 44.2 Å². The first-order valence-corrected chi connectivity index (χ1v) is 22.2. The number of thiophene rings is 1. The van der Waals surface area contributed by atoms with Crippen LogP contribution >= 0.6 is 11.3 Å². The zero-order valence-electron chi connectivity index (χ0n) is 33.2. The number of ether oxygens (including phenoxy) is 4. The minimum atomic E-state index is -3.91. The number of sulfonamides is 1. The lowest BCUT2D eigenvalue weighted by Gasteiger charge is -2.30. The van der Waals surface area contributed by atoms with Crippen molar-refractivity contribution < 1.29 is 46.5 Å². The third kappa shape index (κ3) is 8.81. The minimum Gasteiger partial charge on any atom is -0.496 e. The predicted molar refractivity (Wildman–Crippen MR) is 216 cm³/mol. The number of nitrogens with one attached hydrogen (secondary N) is 3. The lowest BCUT2D eigenvalue weighted by molar-refractivity contribution is -0.141. The van der Waals surface area contributed by atoms with Crippen LogP contribution in [0, 0.1) is 12.8 Å². The summed E-state index contributed by atoms with van der Waals surface area (Å²) in [7, 11) is -0.754. The summed E-state index contributed by atoms with van der Waals surface area (Å²) in [4.78, 5) is 64.2. The Morgan fingerprint density at radius 1 is 1.07 bits per heavy atom. The van der Waals surface area contributed by atoms with Crippen LogP contribution in [0.2, 0.25) is 0 Å². The first-order chi connectivity index (χ1) is 27.9. The van der Waals surface area contributed by atoms with E-state index in [-0.39, 0.29) is 19.4 Å². The van der Waals surface area contributed by atoms with Crippen molar-refractivity contribution in [2.75, 3.05) is 27.4 Å². The van der Waals surface area contributed by atoms with Crippen molar-refractivity contribution in [3.05, 3.63) is 57.8 Å². The first kappa shape index (κ1) is 41.4. The molecule has 3 fully saturated rings. The maximum absolute atomic E-state index is 14.8. The monoisotopic (exact) mass is 837 g/mol. The quantitative estimate of drug-likeness (QED) is 0.221. The molecule has 2 aromatic heterocycles. The molecule has 2 aliphatic carbocycles. The highest BCUT2D eigenvalue weighted by atomic mass is 32.2. The third-order valence-electron chi connectivity index (χ3n) is 11.2. The molecule has 3 aromatic rings. The van der Waals surface area contributed by atoms with Crippen molar-refractivity contribution in [2.45, 2.75) is 107 Å². The standard InChI is InChI=1S/C41H51N5O10S2/c1-5-55-35-20-33(29-16-17-32(54-4)24(2)36(29)43-35)56-26-19-31-37(47)44-41(40(50)45-58(51,52)28-14-15-28)21-25(41)11-9-7-6-8-10-12-30(39(49)46(31)22-26)42-38(48)34-18-13-27(57-34)23-53-3/h9,11,13,16-18,20,25-26,28,30-31H,5-8,10,12,14-15,19,21-23H2,1-4H3,(H,42,48)(H,44,47)(H,45,50)/b11-9-/t25-,26-,30+,31+,41-/m1/s1. The molecule has 4 aliphatic rings. The van der Waals surface area contributed by atoms with Gasteiger partial charge in [-0.15, -0.1) is 11.3 Å². The van der Waals surface area contributed by atoms with Crippen molar-refractivity contribution in [3.8, 4) is 17.4 Å². The van der Waals surface area contributed by atoms with Crippen LogP contribution in [0.1, 0.15) is 84.8 Å². The fourth-order valence-electron chi connectivity index (χ4n) is 7.87. The second kappa shape index (κ2) is 17.2. The fourth-order valence-corrected chi connectivity index (χ4v) is 10.1. The normalized spacial score (nSPS) is 25.7. The molecule has 15 nitrogen and oxygen atoms in total. The van der Waals surface area contributed by atoms with E-state index in [1.165, 1.54) is 16.2 Å². The van der Waals surface area contributed by atoms with Crippen LogP contribution in [0.5, 0.6) is 17.4 Å². The number of carbonyl (C=O) groups excluding carboxylic acids is 4. The number of aryl methyl sites for hydroxylation is 1. The lowest BCUT2D eigenvalue weighted by Crippen LogP contribution is -2.58. The number of rotatable bonds is 12. The molecule has 2 aliphatic heterocycles. The Morgan fingerprint density at radius 3 is 2.62 bits per heavy atom. The average molecular weight is 838 g/mol. The SMILES string of the molecule is CCOc1cc(O[C@@H]2C[C@H]3C(=O)N[C@]4(C(=O)NS(=O)(=O)C5CC5)C[C@H]4/C=C\CCCCC[C@H](NC(=O)c4ccc(COC)s4)C(=O)N3C2)c2ccc(OC)c(C)c2n1. The van der Waals surface area contributed by atoms with E-state index in [1.54, 1.807) is 26.4 Å². The smallest absolute Gasteiger partial charge is 0.262 e. The van der Waals surface area contributed by atoms with Gasteiger partial charge in [-0.25, -0.2) is 13.4 Å². The summed E-state index contributed by atoms with van der Waals surface area (Å²) in [5, 5.41) is 5.91. The fraction of sp³-hybridized carbons (Fsp3) is 0.537. The number of benzene rings is 1. The molecule has 3 N–H and O–H groups in total. The summed E-state index contributed by atoms with van der Waals surface area (Å²) in [6, 6.07) is 6.74. The molecular weight excluding hydrogens is 787 g/mol. The first-order valence-electron chi connectivity index (χ1n) is 19.9. The van der Waals surface area contributed by atoms with E-state index in [4.69, 9.17) is 23.9 Å². The Kier molecular flexibility index (Phi) is 12.3. The van der Waals surface area contributed by atoms with Crippen molar-refractivity contribution in [1.82, 2.24) is 25.2 Å². The van der Waals surface area contributed by atoms with Crippen LogP contribution in [-0.4, -0.2) is 98.3 Å². The Labute approximate surface area is 342 Å². The van der Waals surface area contributed by atoms with E-state index in [2.05, 4.69) is 15.4 Å². The molecular formula is C41H51N5O10S2. The maximum Gasteiger partial charge on any atom is 0.262 e. The number of aromatic nitrogens is 1. The second-order valence-corrected chi connectivity index (χ2v) is 18.5. The van der Waals surface area contributed by atoms with Gasteiger partial charge in [0.05, 0.1) is 42.5 Å². The molecule has 1 aromatic carbocycles. The number of nitrogens with zero attached hydrogens (tertiary/aromatic N) is 2. The number of amides is 4. The maximum atomic E-state index is 14.8. The molecule has 17 heteroatoms. The third-order valence-corrected chi connectivity index (χ3v) is 14.1. The van der Waals surface area contributed by atoms with Gasteiger partial charge < -0.3 is 34.5 Å². The Morgan fingerprint density at radius 2 is 1.88 bits per heavy atom. The number of fused-ring (bicyclic) bond motifs is 3. The van der Waals surface area contributed by atoms with Crippen molar-refractivity contribution in [2.24, 2.45) is 5.92 Å². The van der Waals surface area contributed by atoms with Gasteiger partial charge in [-0.05, 0) is 76.6 Å². The Balaban J connectivity index is 1.22. The molecule has 4 heterocycles. The van der Waals surface area contributed by atoms with Gasteiger partial charge in [0.15, 0.2) is 0 Å². The van der Waals surface area contributed by atoms with Gasteiger partial charge in [0.1, 0.15) is 35.2 Å². The molecule has 0 bridgehead atoms. The zero-order chi connectivity index (χ0) is 41.2. The number of pyridine rings is 1. The molecule has 0 spiro atoms. The molecule has 4 amide bonds. The molecule has 1 saturated heterocycles. The topological polar surface area (TPSA) is 192 Å². The summed E-state index contributed by atoms with van der Waals surface area (Å²) in [5.41, 5.74) is -0.131. The lowest BCUT2D eigenvalue weighted by atomic mass is 10.0. The molecule has 58 heavy (non-hydrogen) atoms. The van der Waals surface area contributed by atoms with E-state index in [9.17, 15) is 27.6 Å². The summed E-state index contributed by atoms with van der Waals surface area (Å²) < 4.78 is 51.3. The summed E-state index contributed by atoms with van der Waals surface area (Å²) in [6.45, 7) is 4.42. The predicted octanol–water partition coefficient (Wildman–Crippen LogP) is 4.31. The molecule has 312 valence electrons. The average Bonchev–Trinajstić information content (AvgIpc) is 4.08. The van der Waals surface area contributed by atoms with Crippen LogP contribution in [-0.2, 0) is 35.8 Å². The van der Waals surface area contributed by atoms with Gasteiger partial charge in [-0.1, -0.05) is 25.0 Å². The molecule has 2 saturated carbocycles. The highest BCUT2D eigenvalue weighted by molar-refractivity contribution is 7.91. The highest BCUT2D eigenvalue weighted by Crippen LogP contribution is 2.46. The molecule has 0 radical (unpaired) electrons. The number of hydrogen-bond donors (Lipinski definition) is 3.